The summed E-state index contributed by atoms with van der Waals surface area (Å²) >= 11 is 0. The third-order valence-electron chi connectivity index (χ3n) is 5.65. The number of fused-ring (bicyclic) bond motifs is 3. The first-order chi connectivity index (χ1) is 12.8. The quantitative estimate of drug-likeness (QED) is 0.790. The summed E-state index contributed by atoms with van der Waals surface area (Å²) in [5.74, 6) is 0.282. The van der Waals surface area contributed by atoms with E-state index in [-0.39, 0.29) is 17.9 Å². The van der Waals surface area contributed by atoms with Crippen molar-refractivity contribution in [3.8, 4) is 0 Å². The molecule has 2 saturated heterocycles. The number of nitrogens with one attached hydrogen (secondary N) is 1. The lowest BCUT2D eigenvalue weighted by Crippen LogP contribution is -2.66. The molecule has 1 aromatic carbocycles. The molecule has 146 valence electrons. The second kappa shape index (κ2) is 7.37. The van der Waals surface area contributed by atoms with Crippen molar-refractivity contribution in [3.63, 3.8) is 0 Å². The lowest BCUT2D eigenvalue weighted by Gasteiger charge is -2.57. The number of rotatable bonds is 5. The maximum Gasteiger partial charge on any atom is 0.408 e. The highest BCUT2D eigenvalue weighted by Gasteiger charge is 2.55. The average molecular weight is 370 g/mol. The molecule has 0 aromatic heterocycles. The van der Waals surface area contributed by atoms with Crippen molar-refractivity contribution in [1.29, 1.82) is 0 Å². The van der Waals surface area contributed by atoms with Crippen molar-refractivity contribution < 1.29 is 14.3 Å². The molecule has 1 saturated carbocycles. The number of ether oxygens (including phenoxy) is 1. The number of benzene rings is 1. The van der Waals surface area contributed by atoms with Gasteiger partial charge in [-0.25, -0.2) is 4.79 Å². The van der Waals surface area contributed by atoms with Crippen LogP contribution in [0.15, 0.2) is 43.0 Å². The lowest BCUT2D eigenvalue weighted by atomic mass is 9.65. The Balaban J connectivity index is 1.99. The number of carbonyl (C=O) groups is 2. The summed E-state index contributed by atoms with van der Waals surface area (Å²) in [6.45, 7) is 9.88. The highest BCUT2D eigenvalue weighted by molar-refractivity contribution is 5.82. The normalized spacial score (nSPS) is 25.8. The Morgan fingerprint density at radius 3 is 2.52 bits per heavy atom. The van der Waals surface area contributed by atoms with E-state index in [4.69, 9.17) is 4.74 Å². The van der Waals surface area contributed by atoms with Gasteiger partial charge in [-0.15, -0.1) is 6.58 Å². The third-order valence-corrected chi connectivity index (χ3v) is 5.65. The standard InChI is InChI=1S/C22H30N2O3/c1-5-15-24-19(25)17-11-13-22(24,14-12-17)18(16-9-7-6-8-10-16)23-20(26)27-21(2,3)4/h5-10,17-18H,1,11-15H2,2-4H3,(H,23,26)/t17?,18-,22?/m1/s1. The maximum absolute atomic E-state index is 13.0. The first-order valence-electron chi connectivity index (χ1n) is 9.74. The highest BCUT2D eigenvalue weighted by atomic mass is 16.6. The molecule has 0 spiro atoms. The van der Waals surface area contributed by atoms with Crippen molar-refractivity contribution in [3.05, 3.63) is 48.6 Å². The number of hydrogen-bond donors (Lipinski definition) is 1. The first-order valence-corrected chi connectivity index (χ1v) is 9.74. The van der Waals surface area contributed by atoms with Crippen LogP contribution in [0.5, 0.6) is 0 Å². The number of carbonyl (C=O) groups excluding carboxylic acids is 2. The van der Waals surface area contributed by atoms with Crippen LogP contribution in [0.4, 0.5) is 4.79 Å². The molecule has 1 N–H and O–H groups in total. The predicted molar refractivity (Wildman–Crippen MR) is 105 cm³/mol. The zero-order valence-corrected chi connectivity index (χ0v) is 16.5. The fourth-order valence-electron chi connectivity index (χ4n) is 4.52. The number of nitrogens with zero attached hydrogens (tertiary/aromatic N) is 1. The molecule has 0 unspecified atom stereocenters. The highest BCUT2D eigenvalue weighted by Crippen LogP contribution is 2.50. The molecule has 2 bridgehead atoms. The SMILES string of the molecule is C=CCN1C(=O)C2CCC1([C@H](NC(=O)OC(C)(C)C)c1ccccc1)CC2. The molecule has 0 radical (unpaired) electrons. The molecule has 1 aromatic rings. The average Bonchev–Trinajstić information content (AvgIpc) is 2.62. The molecule has 3 aliphatic rings. The summed E-state index contributed by atoms with van der Waals surface area (Å²) in [5.41, 5.74) is -0.0344. The predicted octanol–water partition coefficient (Wildman–Crippen LogP) is 4.21. The monoisotopic (exact) mass is 370 g/mol. The number of piperidine rings is 2. The van der Waals surface area contributed by atoms with E-state index >= 15 is 0 Å². The van der Waals surface area contributed by atoms with Gasteiger partial charge in [0.1, 0.15) is 5.60 Å². The molecule has 5 heteroatoms. The van der Waals surface area contributed by atoms with Crippen LogP contribution in [0, 0.1) is 5.92 Å². The third kappa shape index (κ3) is 3.87. The lowest BCUT2D eigenvalue weighted by molar-refractivity contribution is -0.158. The zero-order valence-electron chi connectivity index (χ0n) is 16.5. The van der Waals surface area contributed by atoms with E-state index in [0.717, 1.165) is 31.2 Å². The fraction of sp³-hybridized carbons (Fsp3) is 0.545. The second-order valence-corrected chi connectivity index (χ2v) is 8.61. The number of alkyl carbamates (subject to hydrolysis) is 1. The molecular formula is C22H30N2O3. The molecule has 2 amide bonds. The first kappa shape index (κ1) is 19.5. The van der Waals surface area contributed by atoms with Gasteiger partial charge in [-0.05, 0) is 52.0 Å². The van der Waals surface area contributed by atoms with E-state index in [9.17, 15) is 9.59 Å². The molecule has 2 aliphatic heterocycles. The van der Waals surface area contributed by atoms with Gasteiger partial charge in [0.25, 0.3) is 0 Å². The van der Waals surface area contributed by atoms with Crippen LogP contribution in [0.25, 0.3) is 0 Å². The topological polar surface area (TPSA) is 58.6 Å². The molecule has 2 heterocycles. The van der Waals surface area contributed by atoms with Gasteiger partial charge < -0.3 is 15.0 Å². The second-order valence-electron chi connectivity index (χ2n) is 8.61. The van der Waals surface area contributed by atoms with E-state index in [2.05, 4.69) is 11.9 Å². The van der Waals surface area contributed by atoms with Crippen LogP contribution in [0.2, 0.25) is 0 Å². The van der Waals surface area contributed by atoms with Crippen LogP contribution in [0.3, 0.4) is 0 Å². The summed E-state index contributed by atoms with van der Waals surface area (Å²) in [4.78, 5) is 27.5. The minimum absolute atomic E-state index is 0.102. The van der Waals surface area contributed by atoms with Crippen LogP contribution >= 0.6 is 0 Å². The van der Waals surface area contributed by atoms with Gasteiger partial charge in [0.2, 0.25) is 5.91 Å². The Bertz CT molecular complexity index is 700. The molecule has 5 nitrogen and oxygen atoms in total. The fourth-order valence-corrected chi connectivity index (χ4v) is 4.52. The molecule has 1 atom stereocenters. The molecule has 4 rings (SSSR count). The minimum Gasteiger partial charge on any atom is -0.444 e. The number of hydrogen-bond acceptors (Lipinski definition) is 3. The van der Waals surface area contributed by atoms with Gasteiger partial charge >= 0.3 is 6.09 Å². The van der Waals surface area contributed by atoms with Crippen molar-refractivity contribution in [2.45, 2.75) is 63.6 Å². The minimum atomic E-state index is -0.580. The van der Waals surface area contributed by atoms with E-state index in [0.29, 0.717) is 6.54 Å². The Labute approximate surface area is 161 Å². The van der Waals surface area contributed by atoms with Crippen molar-refractivity contribution >= 4 is 12.0 Å². The van der Waals surface area contributed by atoms with Crippen LogP contribution in [-0.2, 0) is 9.53 Å². The smallest absolute Gasteiger partial charge is 0.408 e. The van der Waals surface area contributed by atoms with Gasteiger partial charge in [-0.2, -0.15) is 0 Å². The van der Waals surface area contributed by atoms with Gasteiger partial charge in [-0.1, -0.05) is 36.4 Å². The summed E-state index contributed by atoms with van der Waals surface area (Å²) in [7, 11) is 0. The van der Waals surface area contributed by atoms with Gasteiger partial charge in [-0.3, -0.25) is 4.79 Å². The summed E-state index contributed by atoms with van der Waals surface area (Å²) < 4.78 is 5.53. The Kier molecular flexibility index (Phi) is 5.31. The maximum atomic E-state index is 13.0. The summed E-state index contributed by atoms with van der Waals surface area (Å²) in [6, 6.07) is 9.57. The molecule has 27 heavy (non-hydrogen) atoms. The van der Waals surface area contributed by atoms with Crippen molar-refractivity contribution in [2.75, 3.05) is 6.54 Å². The van der Waals surface area contributed by atoms with Gasteiger partial charge in [0.15, 0.2) is 0 Å². The Morgan fingerprint density at radius 2 is 1.96 bits per heavy atom. The van der Waals surface area contributed by atoms with Gasteiger partial charge in [0, 0.05) is 12.5 Å². The van der Waals surface area contributed by atoms with Crippen LogP contribution in [0.1, 0.15) is 58.1 Å². The molecule has 3 fully saturated rings. The molecule has 1 aliphatic carbocycles. The van der Waals surface area contributed by atoms with E-state index in [1.807, 2.05) is 56.0 Å². The molecular weight excluding hydrogens is 340 g/mol. The van der Waals surface area contributed by atoms with Crippen molar-refractivity contribution in [2.24, 2.45) is 5.92 Å². The largest absolute Gasteiger partial charge is 0.444 e. The zero-order chi connectivity index (χ0) is 19.7. The van der Waals surface area contributed by atoms with Crippen LogP contribution < -0.4 is 5.32 Å². The van der Waals surface area contributed by atoms with Crippen molar-refractivity contribution in [1.82, 2.24) is 10.2 Å². The number of amides is 2. The van der Waals surface area contributed by atoms with Gasteiger partial charge in [0.05, 0.1) is 11.6 Å². The van der Waals surface area contributed by atoms with Crippen LogP contribution in [-0.4, -0.2) is 34.6 Å². The Hall–Kier alpha value is -2.30. The van der Waals surface area contributed by atoms with E-state index in [1.54, 1.807) is 6.08 Å². The van der Waals surface area contributed by atoms with E-state index in [1.165, 1.54) is 0 Å². The van der Waals surface area contributed by atoms with E-state index < -0.39 is 17.2 Å². The summed E-state index contributed by atoms with van der Waals surface area (Å²) in [6.07, 6.45) is 4.79. The Morgan fingerprint density at radius 1 is 1.33 bits per heavy atom. The summed E-state index contributed by atoms with van der Waals surface area (Å²) in [5, 5.41) is 3.10.